The van der Waals surface area contributed by atoms with Gasteiger partial charge >= 0.3 is 0 Å². The van der Waals surface area contributed by atoms with Gasteiger partial charge in [-0.2, -0.15) is 0 Å². The topological polar surface area (TPSA) is 41.0 Å². The Kier molecular flexibility index (Phi) is 3.16. The first-order valence-corrected chi connectivity index (χ1v) is 5.49. The van der Waals surface area contributed by atoms with Crippen LogP contribution in [-0.2, 0) is 0 Å². The number of anilines is 1. The van der Waals surface area contributed by atoms with Crippen LogP contribution >= 0.6 is 0 Å². The number of aryl methyl sites for hydroxylation is 1. The average molecular weight is 206 g/mol. The van der Waals surface area contributed by atoms with E-state index in [4.69, 9.17) is 0 Å². The fourth-order valence-corrected chi connectivity index (χ4v) is 2.12. The van der Waals surface area contributed by atoms with E-state index in [-0.39, 0.29) is 0 Å². The Morgan fingerprint density at radius 2 is 2.47 bits per heavy atom. The van der Waals surface area contributed by atoms with Crippen molar-refractivity contribution in [2.75, 3.05) is 31.6 Å². The molecule has 1 saturated heterocycles. The number of nitrogens with zero attached hydrogens (tertiary/aromatic N) is 3. The summed E-state index contributed by atoms with van der Waals surface area (Å²) in [7, 11) is 2.01. The zero-order chi connectivity index (χ0) is 10.7. The Balaban J connectivity index is 2.01. The van der Waals surface area contributed by atoms with E-state index >= 15 is 0 Å². The molecule has 4 nitrogen and oxygen atoms in total. The van der Waals surface area contributed by atoms with Crippen LogP contribution in [0.25, 0.3) is 0 Å². The smallest absolute Gasteiger partial charge is 0.132 e. The average Bonchev–Trinajstić information content (AvgIpc) is 2.67. The predicted molar refractivity (Wildman–Crippen MR) is 61.0 cm³/mol. The van der Waals surface area contributed by atoms with Gasteiger partial charge in [-0.1, -0.05) is 0 Å². The molecule has 1 aromatic heterocycles. The highest BCUT2D eigenvalue weighted by atomic mass is 15.2. The number of rotatable bonds is 3. The SMILES string of the molecule is CNCC1CCN(c2ccnc(C)n2)C1. The van der Waals surface area contributed by atoms with Crippen LogP contribution < -0.4 is 10.2 Å². The second-order valence-corrected chi connectivity index (χ2v) is 4.12. The molecule has 2 rings (SSSR count). The summed E-state index contributed by atoms with van der Waals surface area (Å²) >= 11 is 0. The van der Waals surface area contributed by atoms with Crippen LogP contribution in [0, 0.1) is 12.8 Å². The standard InChI is InChI=1S/C11H18N4/c1-9-13-5-3-11(14-9)15-6-4-10(8-15)7-12-2/h3,5,10,12H,4,6-8H2,1-2H3. The van der Waals surface area contributed by atoms with Gasteiger partial charge in [-0.3, -0.25) is 0 Å². The van der Waals surface area contributed by atoms with E-state index in [9.17, 15) is 0 Å². The minimum atomic E-state index is 0.755. The summed E-state index contributed by atoms with van der Waals surface area (Å²) in [5.74, 6) is 2.68. The van der Waals surface area contributed by atoms with E-state index in [1.807, 2.05) is 26.2 Å². The lowest BCUT2D eigenvalue weighted by Crippen LogP contribution is -2.25. The highest BCUT2D eigenvalue weighted by molar-refractivity contribution is 5.38. The summed E-state index contributed by atoms with van der Waals surface area (Å²) in [6, 6.07) is 1.99. The third kappa shape index (κ3) is 2.45. The molecule has 1 fully saturated rings. The van der Waals surface area contributed by atoms with Crippen molar-refractivity contribution in [3.63, 3.8) is 0 Å². The summed E-state index contributed by atoms with van der Waals surface area (Å²) < 4.78 is 0. The van der Waals surface area contributed by atoms with Crippen LogP contribution in [0.3, 0.4) is 0 Å². The van der Waals surface area contributed by atoms with E-state index < -0.39 is 0 Å². The normalized spacial score (nSPS) is 20.9. The van der Waals surface area contributed by atoms with E-state index in [1.165, 1.54) is 6.42 Å². The zero-order valence-corrected chi connectivity index (χ0v) is 9.40. The van der Waals surface area contributed by atoms with Crippen molar-refractivity contribution >= 4 is 5.82 Å². The van der Waals surface area contributed by atoms with Crippen molar-refractivity contribution in [1.29, 1.82) is 0 Å². The first-order chi connectivity index (χ1) is 7.29. The lowest BCUT2D eigenvalue weighted by atomic mass is 10.1. The molecule has 0 bridgehead atoms. The maximum absolute atomic E-state index is 4.44. The van der Waals surface area contributed by atoms with E-state index in [0.717, 1.165) is 37.2 Å². The Bertz CT molecular complexity index is 326. The molecule has 0 amide bonds. The molecule has 82 valence electrons. The van der Waals surface area contributed by atoms with Crippen molar-refractivity contribution in [1.82, 2.24) is 15.3 Å². The molecule has 1 aliphatic rings. The quantitative estimate of drug-likeness (QED) is 0.795. The molecule has 15 heavy (non-hydrogen) atoms. The minimum absolute atomic E-state index is 0.755. The lowest BCUT2D eigenvalue weighted by molar-refractivity contribution is 0.549. The van der Waals surface area contributed by atoms with Gasteiger partial charge in [-0.25, -0.2) is 9.97 Å². The van der Waals surface area contributed by atoms with E-state index in [1.54, 1.807) is 0 Å². The number of aromatic nitrogens is 2. The highest BCUT2D eigenvalue weighted by Gasteiger charge is 2.22. The van der Waals surface area contributed by atoms with Crippen LogP contribution in [0.2, 0.25) is 0 Å². The Labute approximate surface area is 90.7 Å². The van der Waals surface area contributed by atoms with Crippen LogP contribution in [0.4, 0.5) is 5.82 Å². The molecule has 1 aromatic rings. The molecule has 0 aliphatic carbocycles. The summed E-state index contributed by atoms with van der Waals surface area (Å²) in [5.41, 5.74) is 0. The van der Waals surface area contributed by atoms with Gasteiger partial charge in [-0.05, 0) is 38.9 Å². The Morgan fingerprint density at radius 3 is 3.20 bits per heavy atom. The highest BCUT2D eigenvalue weighted by Crippen LogP contribution is 2.21. The summed E-state index contributed by atoms with van der Waals surface area (Å²) in [6.45, 7) is 5.26. The predicted octanol–water partition coefficient (Wildman–Crippen LogP) is 0.831. The first kappa shape index (κ1) is 10.4. The van der Waals surface area contributed by atoms with Gasteiger partial charge in [-0.15, -0.1) is 0 Å². The summed E-state index contributed by atoms with van der Waals surface area (Å²) in [6.07, 6.45) is 3.09. The molecular weight excluding hydrogens is 188 g/mol. The third-order valence-corrected chi connectivity index (χ3v) is 2.86. The van der Waals surface area contributed by atoms with Gasteiger partial charge in [0.05, 0.1) is 0 Å². The second-order valence-electron chi connectivity index (χ2n) is 4.12. The number of nitrogens with one attached hydrogen (secondary N) is 1. The van der Waals surface area contributed by atoms with Crippen LogP contribution in [0.1, 0.15) is 12.2 Å². The maximum atomic E-state index is 4.44. The van der Waals surface area contributed by atoms with E-state index in [2.05, 4.69) is 20.2 Å². The molecule has 1 aliphatic heterocycles. The van der Waals surface area contributed by atoms with Crippen LogP contribution in [0.5, 0.6) is 0 Å². The maximum Gasteiger partial charge on any atom is 0.132 e. The zero-order valence-electron chi connectivity index (χ0n) is 9.40. The van der Waals surface area contributed by atoms with Crippen molar-refractivity contribution in [2.45, 2.75) is 13.3 Å². The molecule has 0 spiro atoms. The molecular formula is C11H18N4. The van der Waals surface area contributed by atoms with Gasteiger partial charge in [0, 0.05) is 19.3 Å². The molecule has 1 atom stereocenters. The fraction of sp³-hybridized carbons (Fsp3) is 0.636. The largest absolute Gasteiger partial charge is 0.356 e. The molecule has 1 unspecified atom stereocenters. The Morgan fingerprint density at radius 1 is 1.60 bits per heavy atom. The minimum Gasteiger partial charge on any atom is -0.356 e. The summed E-state index contributed by atoms with van der Waals surface area (Å²) in [4.78, 5) is 10.9. The monoisotopic (exact) mass is 206 g/mol. The molecule has 4 heteroatoms. The van der Waals surface area contributed by atoms with Crippen molar-refractivity contribution in [3.8, 4) is 0 Å². The van der Waals surface area contributed by atoms with Crippen molar-refractivity contribution in [2.24, 2.45) is 5.92 Å². The number of hydrogen-bond donors (Lipinski definition) is 1. The number of hydrogen-bond acceptors (Lipinski definition) is 4. The molecule has 0 saturated carbocycles. The van der Waals surface area contributed by atoms with Crippen molar-refractivity contribution < 1.29 is 0 Å². The Hall–Kier alpha value is -1.16. The second kappa shape index (κ2) is 4.57. The van der Waals surface area contributed by atoms with Crippen LogP contribution in [0.15, 0.2) is 12.3 Å². The molecule has 0 radical (unpaired) electrons. The fourth-order valence-electron chi connectivity index (χ4n) is 2.12. The molecule has 0 aromatic carbocycles. The molecule has 2 heterocycles. The van der Waals surface area contributed by atoms with Crippen molar-refractivity contribution in [3.05, 3.63) is 18.1 Å². The van der Waals surface area contributed by atoms with Gasteiger partial charge in [0.25, 0.3) is 0 Å². The van der Waals surface area contributed by atoms with E-state index in [0.29, 0.717) is 0 Å². The van der Waals surface area contributed by atoms with Gasteiger partial charge in [0.2, 0.25) is 0 Å². The third-order valence-electron chi connectivity index (χ3n) is 2.86. The molecule has 1 N–H and O–H groups in total. The first-order valence-electron chi connectivity index (χ1n) is 5.49. The van der Waals surface area contributed by atoms with Crippen LogP contribution in [-0.4, -0.2) is 36.6 Å². The van der Waals surface area contributed by atoms with Gasteiger partial charge in [0.1, 0.15) is 11.6 Å². The summed E-state index contributed by atoms with van der Waals surface area (Å²) in [5, 5.41) is 3.23. The lowest BCUT2D eigenvalue weighted by Gasteiger charge is -2.17. The van der Waals surface area contributed by atoms with Gasteiger partial charge in [0.15, 0.2) is 0 Å². The van der Waals surface area contributed by atoms with Gasteiger partial charge < -0.3 is 10.2 Å².